The number of amides is 1. The second kappa shape index (κ2) is 9.65. The van der Waals surface area contributed by atoms with Gasteiger partial charge in [-0.3, -0.25) is 4.79 Å². The lowest BCUT2D eigenvalue weighted by Gasteiger charge is -2.10. The third-order valence-electron chi connectivity index (χ3n) is 6.02. The monoisotopic (exact) mass is 485 g/mol. The van der Waals surface area contributed by atoms with Crippen LogP contribution in [0.25, 0.3) is 11.0 Å². The van der Waals surface area contributed by atoms with Crippen molar-refractivity contribution in [1.29, 1.82) is 5.26 Å². The SMILES string of the molecule is COc1ccc2o/c(=N\c3sc4c(c3C#N)CCCC4)c(C(=O)Nc3ccccc3OC)cc2c1. The van der Waals surface area contributed by atoms with Crippen molar-refractivity contribution in [2.24, 2.45) is 4.99 Å². The molecule has 1 amide bonds. The first-order valence-corrected chi connectivity index (χ1v) is 12.1. The van der Waals surface area contributed by atoms with E-state index in [4.69, 9.17) is 18.9 Å². The molecule has 176 valence electrons. The van der Waals surface area contributed by atoms with E-state index in [9.17, 15) is 10.1 Å². The molecule has 0 atom stereocenters. The molecule has 0 unspecified atom stereocenters. The molecule has 2 aromatic heterocycles. The van der Waals surface area contributed by atoms with Crippen molar-refractivity contribution >= 4 is 38.9 Å². The minimum atomic E-state index is -0.401. The Kier molecular flexibility index (Phi) is 6.25. The van der Waals surface area contributed by atoms with Gasteiger partial charge in [-0.2, -0.15) is 5.26 Å². The van der Waals surface area contributed by atoms with Crippen LogP contribution in [-0.4, -0.2) is 20.1 Å². The molecule has 35 heavy (non-hydrogen) atoms. The Hall–Kier alpha value is -4.09. The van der Waals surface area contributed by atoms with E-state index in [0.29, 0.717) is 38.7 Å². The molecule has 0 bridgehead atoms. The average molecular weight is 486 g/mol. The average Bonchev–Trinajstić information content (AvgIpc) is 3.25. The highest BCUT2D eigenvalue weighted by atomic mass is 32.1. The lowest BCUT2D eigenvalue weighted by molar-refractivity contribution is 0.102. The lowest BCUT2D eigenvalue weighted by atomic mass is 9.96. The van der Waals surface area contributed by atoms with Crippen LogP contribution in [0.2, 0.25) is 0 Å². The van der Waals surface area contributed by atoms with Gasteiger partial charge in [-0.05, 0) is 67.6 Å². The molecule has 1 aliphatic carbocycles. The van der Waals surface area contributed by atoms with Crippen molar-refractivity contribution in [1.82, 2.24) is 0 Å². The lowest BCUT2D eigenvalue weighted by Crippen LogP contribution is -2.22. The first kappa shape index (κ1) is 22.7. The molecule has 0 saturated heterocycles. The zero-order chi connectivity index (χ0) is 24.4. The summed E-state index contributed by atoms with van der Waals surface area (Å²) in [5, 5.41) is 14.0. The van der Waals surface area contributed by atoms with Crippen molar-refractivity contribution in [3.05, 3.63) is 75.7 Å². The Morgan fingerprint density at radius 1 is 1.11 bits per heavy atom. The van der Waals surface area contributed by atoms with Crippen LogP contribution in [-0.2, 0) is 12.8 Å². The zero-order valence-corrected chi connectivity index (χ0v) is 20.2. The number of nitriles is 1. The summed E-state index contributed by atoms with van der Waals surface area (Å²) >= 11 is 1.50. The minimum absolute atomic E-state index is 0.144. The van der Waals surface area contributed by atoms with E-state index in [1.165, 1.54) is 16.2 Å². The Balaban J connectivity index is 1.68. The highest BCUT2D eigenvalue weighted by Crippen LogP contribution is 2.39. The van der Waals surface area contributed by atoms with Crippen molar-refractivity contribution in [2.75, 3.05) is 19.5 Å². The van der Waals surface area contributed by atoms with E-state index >= 15 is 0 Å². The molecule has 0 fully saturated rings. The summed E-state index contributed by atoms with van der Waals surface area (Å²) in [7, 11) is 3.13. The van der Waals surface area contributed by atoms with Gasteiger partial charge in [0.1, 0.15) is 33.7 Å². The van der Waals surface area contributed by atoms with Gasteiger partial charge in [-0.25, -0.2) is 4.99 Å². The summed E-state index contributed by atoms with van der Waals surface area (Å²) < 4.78 is 16.8. The number of rotatable bonds is 5. The van der Waals surface area contributed by atoms with E-state index in [2.05, 4.69) is 11.4 Å². The summed E-state index contributed by atoms with van der Waals surface area (Å²) in [5.41, 5.74) is 3.12. The van der Waals surface area contributed by atoms with Gasteiger partial charge < -0.3 is 19.2 Å². The third-order valence-corrected chi connectivity index (χ3v) is 7.21. The molecule has 1 N–H and O–H groups in total. The Morgan fingerprint density at radius 2 is 1.94 bits per heavy atom. The largest absolute Gasteiger partial charge is 0.497 e. The molecule has 8 heteroatoms. The zero-order valence-electron chi connectivity index (χ0n) is 19.4. The number of para-hydroxylation sites is 2. The summed E-state index contributed by atoms with van der Waals surface area (Å²) in [6.45, 7) is 0. The third kappa shape index (κ3) is 4.38. The molecule has 0 spiro atoms. The van der Waals surface area contributed by atoms with Crippen LogP contribution in [0.3, 0.4) is 0 Å². The number of methoxy groups -OCH3 is 2. The number of nitrogens with zero attached hydrogens (tertiary/aromatic N) is 2. The number of ether oxygens (including phenoxy) is 2. The Labute approximate surface area is 206 Å². The number of thiophene rings is 1. The number of hydrogen-bond donors (Lipinski definition) is 1. The van der Waals surface area contributed by atoms with Gasteiger partial charge in [0.2, 0.25) is 5.55 Å². The fraction of sp³-hybridized carbons (Fsp3) is 0.222. The number of carbonyl (C=O) groups is 1. The first-order chi connectivity index (χ1) is 17.1. The normalized spacial score (nSPS) is 13.2. The maximum Gasteiger partial charge on any atom is 0.261 e. The Morgan fingerprint density at radius 3 is 2.74 bits per heavy atom. The summed E-state index contributed by atoms with van der Waals surface area (Å²) in [5.74, 6) is 0.782. The van der Waals surface area contributed by atoms with Crippen LogP contribution < -0.4 is 20.3 Å². The molecule has 5 rings (SSSR count). The van der Waals surface area contributed by atoms with Crippen molar-refractivity contribution < 1.29 is 18.7 Å². The van der Waals surface area contributed by atoms with E-state index in [1.54, 1.807) is 50.6 Å². The van der Waals surface area contributed by atoms with Gasteiger partial charge in [0.05, 0.1) is 25.5 Å². The topological polar surface area (TPSA) is 96.9 Å². The van der Waals surface area contributed by atoms with E-state index in [0.717, 1.165) is 31.2 Å². The molecular weight excluding hydrogens is 462 g/mol. The minimum Gasteiger partial charge on any atom is -0.497 e. The molecule has 0 radical (unpaired) electrons. The molecule has 2 aromatic carbocycles. The van der Waals surface area contributed by atoms with Gasteiger partial charge >= 0.3 is 0 Å². The number of benzene rings is 2. The van der Waals surface area contributed by atoms with Crippen LogP contribution in [0.1, 0.15) is 39.2 Å². The summed E-state index contributed by atoms with van der Waals surface area (Å²) in [4.78, 5) is 19.4. The fourth-order valence-electron chi connectivity index (χ4n) is 4.26. The van der Waals surface area contributed by atoms with Gasteiger partial charge in [-0.1, -0.05) is 12.1 Å². The molecule has 1 aliphatic rings. The molecule has 4 aromatic rings. The predicted octanol–water partition coefficient (Wildman–Crippen LogP) is 5.75. The van der Waals surface area contributed by atoms with Gasteiger partial charge in [0, 0.05) is 10.3 Å². The number of hydrogen-bond acceptors (Lipinski definition) is 7. The number of anilines is 1. The fourth-order valence-corrected chi connectivity index (χ4v) is 5.46. The van der Waals surface area contributed by atoms with Crippen LogP contribution in [0.4, 0.5) is 10.7 Å². The van der Waals surface area contributed by atoms with Gasteiger partial charge in [0.25, 0.3) is 5.91 Å². The van der Waals surface area contributed by atoms with Gasteiger partial charge in [-0.15, -0.1) is 11.3 Å². The Bertz CT molecular complexity index is 1540. The summed E-state index contributed by atoms with van der Waals surface area (Å²) in [6.07, 6.45) is 3.99. The number of carbonyl (C=O) groups excluding carboxylic acids is 1. The van der Waals surface area contributed by atoms with Crippen molar-refractivity contribution in [2.45, 2.75) is 25.7 Å². The van der Waals surface area contributed by atoms with E-state index in [-0.39, 0.29) is 11.1 Å². The van der Waals surface area contributed by atoms with Crippen LogP contribution in [0, 0.1) is 11.3 Å². The van der Waals surface area contributed by atoms with Crippen LogP contribution in [0.15, 0.2) is 57.9 Å². The number of nitrogens with one attached hydrogen (secondary N) is 1. The predicted molar refractivity (Wildman–Crippen MR) is 135 cm³/mol. The maximum absolute atomic E-state index is 13.5. The number of aryl methyl sites for hydroxylation is 1. The molecule has 7 nitrogen and oxygen atoms in total. The second-order valence-electron chi connectivity index (χ2n) is 8.14. The smallest absolute Gasteiger partial charge is 0.261 e. The number of fused-ring (bicyclic) bond motifs is 2. The molecule has 0 aliphatic heterocycles. The molecular formula is C27H23N3O4S. The molecule has 2 heterocycles. The second-order valence-corrected chi connectivity index (χ2v) is 9.22. The van der Waals surface area contributed by atoms with Crippen LogP contribution in [0.5, 0.6) is 11.5 Å². The van der Waals surface area contributed by atoms with Gasteiger partial charge in [0.15, 0.2) is 0 Å². The highest BCUT2D eigenvalue weighted by molar-refractivity contribution is 7.16. The summed E-state index contributed by atoms with van der Waals surface area (Å²) in [6, 6.07) is 16.6. The first-order valence-electron chi connectivity index (χ1n) is 11.3. The maximum atomic E-state index is 13.5. The van der Waals surface area contributed by atoms with E-state index in [1.807, 2.05) is 12.1 Å². The van der Waals surface area contributed by atoms with E-state index < -0.39 is 5.91 Å². The highest BCUT2D eigenvalue weighted by Gasteiger charge is 2.22. The van der Waals surface area contributed by atoms with Crippen molar-refractivity contribution in [3.63, 3.8) is 0 Å². The van der Waals surface area contributed by atoms with Crippen LogP contribution >= 0.6 is 11.3 Å². The van der Waals surface area contributed by atoms with Crippen molar-refractivity contribution in [3.8, 4) is 17.6 Å². The standard InChI is InChI=1S/C27H23N3O4S/c1-32-17-11-12-22-16(13-17)14-19(25(31)29-21-8-4-5-9-23(21)33-2)26(34-22)30-27-20(15-28)18-7-3-6-10-24(18)35-27/h4-5,8-9,11-14H,3,6-7,10H2,1-2H3,(H,29,31)/b30-26-. The molecule has 0 saturated carbocycles. The quantitative estimate of drug-likeness (QED) is 0.388.